The quantitative estimate of drug-likeness (QED) is 0.506. The zero-order valence-corrected chi connectivity index (χ0v) is 9.95. The van der Waals surface area contributed by atoms with E-state index < -0.39 is 0 Å². The maximum Gasteiger partial charge on any atom is 0.223 e. The molecule has 0 aliphatic rings. The second-order valence-electron chi connectivity index (χ2n) is 3.70. The second-order valence-corrected chi connectivity index (χ2v) is 3.70. The van der Waals surface area contributed by atoms with E-state index in [-0.39, 0.29) is 11.8 Å². The lowest BCUT2D eigenvalue weighted by Crippen LogP contribution is -2.25. The fourth-order valence-corrected chi connectivity index (χ4v) is 1.12. The predicted molar refractivity (Wildman–Crippen MR) is 65.4 cm³/mol. The van der Waals surface area contributed by atoms with Crippen molar-refractivity contribution in [1.29, 1.82) is 0 Å². The first-order chi connectivity index (χ1) is 6.90. The van der Waals surface area contributed by atoms with Gasteiger partial charge in [-0.05, 0) is 12.0 Å². The van der Waals surface area contributed by atoms with Crippen LogP contribution in [0.4, 0.5) is 0 Å². The Balaban J connectivity index is 4.97. The van der Waals surface area contributed by atoms with Crippen molar-refractivity contribution in [3.63, 3.8) is 0 Å². The van der Waals surface area contributed by atoms with Crippen molar-refractivity contribution in [1.82, 2.24) is 4.90 Å². The van der Waals surface area contributed by atoms with Gasteiger partial charge >= 0.3 is 0 Å². The van der Waals surface area contributed by atoms with E-state index in [1.807, 2.05) is 19.9 Å². The first kappa shape index (κ1) is 13.8. The van der Waals surface area contributed by atoms with E-state index in [2.05, 4.69) is 6.58 Å². The summed E-state index contributed by atoms with van der Waals surface area (Å²) in [6.07, 6.45) is 5.17. The van der Waals surface area contributed by atoms with Crippen LogP contribution in [0.3, 0.4) is 0 Å². The molecule has 0 bridgehead atoms. The largest absolute Gasteiger partial charge is 0.319 e. The molecule has 0 aromatic heterocycles. The number of hydrogen-bond acceptors (Lipinski definition) is 1. The highest BCUT2D eigenvalue weighted by molar-refractivity contribution is 6.23. The Morgan fingerprint density at radius 2 is 1.93 bits per heavy atom. The minimum atomic E-state index is 0.0144. The van der Waals surface area contributed by atoms with Crippen LogP contribution in [0.25, 0.3) is 0 Å². The Labute approximate surface area is 93.8 Å². The van der Waals surface area contributed by atoms with Crippen LogP contribution in [0.2, 0.25) is 0 Å². The molecule has 15 heavy (non-hydrogen) atoms. The number of amides is 1. The molecule has 0 aromatic rings. The van der Waals surface area contributed by atoms with Crippen LogP contribution >= 0.6 is 0 Å². The first-order valence-electron chi connectivity index (χ1n) is 4.94. The normalized spacial score (nSPS) is 12.9. The third kappa shape index (κ3) is 4.68. The van der Waals surface area contributed by atoms with Crippen LogP contribution in [0.15, 0.2) is 36.0 Å². The zero-order chi connectivity index (χ0) is 12.0. The number of allylic oxidation sites excluding steroid dienone is 5. The fraction of sp³-hybridized carbons (Fsp3) is 0.417. The summed E-state index contributed by atoms with van der Waals surface area (Å²) >= 11 is 0. The minimum absolute atomic E-state index is 0.0144. The van der Waals surface area contributed by atoms with Crippen molar-refractivity contribution in [3.8, 4) is 0 Å². The second kappa shape index (κ2) is 6.28. The number of carbonyl (C=O) groups excluding carboxylic acids is 1. The van der Waals surface area contributed by atoms with Gasteiger partial charge < -0.3 is 4.90 Å². The van der Waals surface area contributed by atoms with Gasteiger partial charge in [-0.3, -0.25) is 4.79 Å². The van der Waals surface area contributed by atoms with E-state index in [0.29, 0.717) is 5.47 Å². The minimum Gasteiger partial charge on any atom is -0.319 e. The molecule has 0 heterocycles. The van der Waals surface area contributed by atoms with E-state index >= 15 is 0 Å². The van der Waals surface area contributed by atoms with Crippen LogP contribution in [-0.2, 0) is 4.79 Å². The molecular weight excluding hydrogens is 185 g/mol. The van der Waals surface area contributed by atoms with Crippen LogP contribution in [0.5, 0.6) is 0 Å². The van der Waals surface area contributed by atoms with Crippen LogP contribution < -0.4 is 0 Å². The van der Waals surface area contributed by atoms with Gasteiger partial charge in [-0.1, -0.05) is 38.1 Å². The fourth-order valence-electron chi connectivity index (χ4n) is 1.12. The van der Waals surface area contributed by atoms with Gasteiger partial charge in [0, 0.05) is 19.7 Å². The van der Waals surface area contributed by atoms with Gasteiger partial charge in [0.05, 0.1) is 0 Å². The van der Waals surface area contributed by atoms with Crippen molar-refractivity contribution in [2.45, 2.75) is 20.8 Å². The average molecular weight is 203 g/mol. The van der Waals surface area contributed by atoms with Gasteiger partial charge in [-0.25, -0.2) is 0 Å². The molecule has 80 valence electrons. The predicted octanol–water partition coefficient (Wildman–Crippen LogP) is 2.24. The van der Waals surface area contributed by atoms with Crippen molar-refractivity contribution >= 4 is 13.8 Å². The third-order valence-electron chi connectivity index (χ3n) is 2.13. The summed E-state index contributed by atoms with van der Waals surface area (Å²) in [5.74, 6) is 0.285. The zero-order valence-electron chi connectivity index (χ0n) is 9.95. The van der Waals surface area contributed by atoms with Crippen molar-refractivity contribution in [3.05, 3.63) is 36.0 Å². The molecule has 0 aromatic carbocycles. The highest BCUT2D eigenvalue weighted by atomic mass is 16.2. The molecule has 0 fully saturated rings. The standard InChI is InChI=1S/C12H18BNO/c1-6-11(13)7-8-12(9(2)3)14(5)10(4)15/h6-9H,1H2,2-5H3/b11-7+,12-8+. The summed E-state index contributed by atoms with van der Waals surface area (Å²) in [5.41, 5.74) is 1.53. The Hall–Kier alpha value is -1.25. The van der Waals surface area contributed by atoms with Gasteiger partial charge in [0.1, 0.15) is 7.85 Å². The van der Waals surface area contributed by atoms with Crippen molar-refractivity contribution in [2.75, 3.05) is 7.05 Å². The average Bonchev–Trinajstić information content (AvgIpc) is 2.16. The summed E-state index contributed by atoms with van der Waals surface area (Å²) in [6, 6.07) is 0. The molecule has 0 saturated heterocycles. The number of hydrogen-bond donors (Lipinski definition) is 0. The topological polar surface area (TPSA) is 20.3 Å². The Morgan fingerprint density at radius 1 is 1.40 bits per heavy atom. The SMILES string of the molecule is [B]/C(C=C)=C/C=C(\C(C)C)N(C)C(C)=O. The lowest BCUT2D eigenvalue weighted by Gasteiger charge is -2.22. The molecule has 0 rings (SSSR count). The van der Waals surface area contributed by atoms with Gasteiger partial charge in [0.2, 0.25) is 5.91 Å². The lowest BCUT2D eigenvalue weighted by atomic mass is 9.95. The molecule has 3 heteroatoms. The summed E-state index contributed by atoms with van der Waals surface area (Å²) in [4.78, 5) is 12.8. The molecule has 0 aliphatic heterocycles. The van der Waals surface area contributed by atoms with Gasteiger partial charge in [0.15, 0.2) is 0 Å². The van der Waals surface area contributed by atoms with E-state index in [4.69, 9.17) is 7.85 Å². The number of rotatable bonds is 4. The van der Waals surface area contributed by atoms with Crippen LogP contribution in [0.1, 0.15) is 20.8 Å². The summed E-state index contributed by atoms with van der Waals surface area (Å²) in [7, 11) is 7.35. The Kier molecular flexibility index (Phi) is 5.76. The lowest BCUT2D eigenvalue weighted by molar-refractivity contribution is -0.126. The molecule has 0 spiro atoms. The van der Waals surface area contributed by atoms with E-state index in [9.17, 15) is 4.79 Å². The van der Waals surface area contributed by atoms with E-state index in [1.165, 1.54) is 6.92 Å². The maximum absolute atomic E-state index is 11.2. The number of carbonyl (C=O) groups is 1. The molecule has 0 unspecified atom stereocenters. The maximum atomic E-state index is 11.2. The van der Waals surface area contributed by atoms with Crippen molar-refractivity contribution in [2.24, 2.45) is 5.92 Å². The van der Waals surface area contributed by atoms with Gasteiger partial charge in [0.25, 0.3) is 0 Å². The smallest absolute Gasteiger partial charge is 0.223 e. The van der Waals surface area contributed by atoms with Gasteiger partial charge in [-0.15, -0.1) is 0 Å². The Bertz CT molecular complexity index is 303. The highest BCUT2D eigenvalue weighted by Gasteiger charge is 2.11. The van der Waals surface area contributed by atoms with E-state index in [1.54, 1.807) is 24.1 Å². The molecule has 0 atom stereocenters. The molecule has 0 N–H and O–H groups in total. The monoisotopic (exact) mass is 203 g/mol. The number of nitrogens with zero attached hydrogens (tertiary/aromatic N) is 1. The molecular formula is C12H18BNO. The molecule has 2 radical (unpaired) electrons. The Morgan fingerprint density at radius 3 is 2.27 bits per heavy atom. The summed E-state index contributed by atoms with van der Waals surface area (Å²) in [6.45, 7) is 9.16. The van der Waals surface area contributed by atoms with Gasteiger partial charge in [-0.2, -0.15) is 0 Å². The summed E-state index contributed by atoms with van der Waals surface area (Å²) < 4.78 is 0. The summed E-state index contributed by atoms with van der Waals surface area (Å²) in [5, 5.41) is 0. The highest BCUT2D eigenvalue weighted by Crippen LogP contribution is 2.14. The third-order valence-corrected chi connectivity index (χ3v) is 2.13. The molecule has 2 nitrogen and oxygen atoms in total. The van der Waals surface area contributed by atoms with E-state index in [0.717, 1.165) is 5.70 Å². The van der Waals surface area contributed by atoms with Crippen LogP contribution in [0, 0.1) is 5.92 Å². The molecule has 0 saturated carbocycles. The van der Waals surface area contributed by atoms with Crippen LogP contribution in [-0.4, -0.2) is 25.7 Å². The molecule has 1 amide bonds. The molecule has 0 aliphatic carbocycles. The first-order valence-corrected chi connectivity index (χ1v) is 4.94. The van der Waals surface area contributed by atoms with Crippen molar-refractivity contribution < 1.29 is 4.79 Å².